The zero-order valence-electron chi connectivity index (χ0n) is 19.9. The van der Waals surface area contributed by atoms with Crippen molar-refractivity contribution in [3.8, 4) is 6.07 Å². The van der Waals surface area contributed by atoms with Crippen molar-refractivity contribution in [2.24, 2.45) is 5.10 Å². The maximum absolute atomic E-state index is 13.2. The van der Waals surface area contributed by atoms with Gasteiger partial charge in [0.25, 0.3) is 5.91 Å². The van der Waals surface area contributed by atoms with Gasteiger partial charge in [0.15, 0.2) is 5.82 Å². The first-order valence-corrected chi connectivity index (χ1v) is 11.5. The number of hydrazone groups is 1. The molecule has 0 saturated carbocycles. The van der Waals surface area contributed by atoms with Gasteiger partial charge in [0, 0.05) is 30.7 Å². The third-order valence-electron chi connectivity index (χ3n) is 6.46. The molecule has 0 N–H and O–H groups in total. The van der Waals surface area contributed by atoms with Crippen LogP contribution in [0.15, 0.2) is 72.2 Å². The molecule has 8 nitrogen and oxygen atoms in total. The highest BCUT2D eigenvalue weighted by Crippen LogP contribution is 2.39. The van der Waals surface area contributed by atoms with Crippen molar-refractivity contribution in [3.05, 3.63) is 95.2 Å². The lowest BCUT2D eigenvalue weighted by Crippen LogP contribution is -2.38. The SMILES string of the molecule is CCN(/N=C/c1ccc2c(c1)C(C)(C)N(Cc1ccccn1)C2=O)c1nccn2c(C#N)ccc12. The van der Waals surface area contributed by atoms with Crippen LogP contribution in [-0.2, 0) is 12.1 Å². The molecular formula is C27H25N7O. The number of amides is 1. The van der Waals surface area contributed by atoms with Gasteiger partial charge in [-0.05, 0) is 68.3 Å². The smallest absolute Gasteiger partial charge is 0.255 e. The molecule has 0 radical (unpaired) electrons. The van der Waals surface area contributed by atoms with Gasteiger partial charge in [-0.3, -0.25) is 9.78 Å². The Labute approximate surface area is 203 Å². The Morgan fingerprint density at radius 1 is 1.14 bits per heavy atom. The Morgan fingerprint density at radius 2 is 2.00 bits per heavy atom. The number of anilines is 1. The minimum absolute atomic E-state index is 0.00624. The fourth-order valence-electron chi connectivity index (χ4n) is 4.54. The Kier molecular flexibility index (Phi) is 5.53. The van der Waals surface area contributed by atoms with Gasteiger partial charge < -0.3 is 9.30 Å². The molecule has 1 aliphatic heterocycles. The third-order valence-corrected chi connectivity index (χ3v) is 6.46. The number of nitriles is 1. The van der Waals surface area contributed by atoms with Crippen LogP contribution >= 0.6 is 0 Å². The monoisotopic (exact) mass is 463 g/mol. The molecule has 4 aromatic rings. The van der Waals surface area contributed by atoms with Crippen LogP contribution in [0.2, 0.25) is 0 Å². The molecule has 4 heterocycles. The summed E-state index contributed by atoms with van der Waals surface area (Å²) in [6, 6.07) is 17.4. The summed E-state index contributed by atoms with van der Waals surface area (Å²) in [5.41, 5.74) is 4.30. The standard InChI is InChI=1S/C27H25N7O/c1-4-34(25-24-11-9-21(16-28)32(24)14-13-30-25)31-17-19-8-10-22-23(15-19)27(2,3)33(26(22)35)18-20-7-5-6-12-29-20/h5-15,17H,4,18H2,1-3H3/b31-17+. The third kappa shape index (κ3) is 3.81. The molecule has 8 heteroatoms. The number of hydrogen-bond donors (Lipinski definition) is 0. The molecule has 0 bridgehead atoms. The van der Waals surface area contributed by atoms with E-state index in [1.54, 1.807) is 40.3 Å². The van der Waals surface area contributed by atoms with Crippen LogP contribution in [0.4, 0.5) is 5.82 Å². The molecule has 0 saturated heterocycles. The summed E-state index contributed by atoms with van der Waals surface area (Å²) >= 11 is 0. The van der Waals surface area contributed by atoms with Crippen LogP contribution < -0.4 is 5.01 Å². The Bertz CT molecular complexity index is 1480. The molecular weight excluding hydrogens is 438 g/mol. The van der Waals surface area contributed by atoms with Crippen molar-refractivity contribution in [1.29, 1.82) is 5.26 Å². The van der Waals surface area contributed by atoms with Crippen molar-refractivity contribution in [3.63, 3.8) is 0 Å². The molecule has 1 aliphatic rings. The molecule has 5 rings (SSSR count). The molecule has 35 heavy (non-hydrogen) atoms. The summed E-state index contributed by atoms with van der Waals surface area (Å²) in [6.45, 7) is 7.16. The molecule has 1 amide bonds. The summed E-state index contributed by atoms with van der Waals surface area (Å²) in [5, 5.41) is 15.8. The van der Waals surface area contributed by atoms with Gasteiger partial charge in [0.05, 0.1) is 29.5 Å². The van der Waals surface area contributed by atoms with E-state index in [1.165, 1.54) is 0 Å². The molecule has 0 atom stereocenters. The zero-order chi connectivity index (χ0) is 24.6. The maximum Gasteiger partial charge on any atom is 0.255 e. The summed E-state index contributed by atoms with van der Waals surface area (Å²) in [5.74, 6) is 0.678. The minimum atomic E-state index is -0.481. The predicted octanol–water partition coefficient (Wildman–Crippen LogP) is 4.35. The van der Waals surface area contributed by atoms with Crippen molar-refractivity contribution >= 4 is 23.5 Å². The first kappa shape index (κ1) is 22.3. The molecule has 3 aromatic heterocycles. The van der Waals surface area contributed by atoms with Gasteiger partial charge in [0.2, 0.25) is 0 Å². The number of carbonyl (C=O) groups is 1. The van der Waals surface area contributed by atoms with E-state index in [1.807, 2.05) is 54.3 Å². The number of pyridine rings is 1. The first-order chi connectivity index (χ1) is 16.9. The van der Waals surface area contributed by atoms with Gasteiger partial charge >= 0.3 is 0 Å². The van der Waals surface area contributed by atoms with Crippen LogP contribution in [0.5, 0.6) is 0 Å². The highest BCUT2D eigenvalue weighted by Gasteiger charge is 2.42. The normalized spacial score (nSPS) is 14.5. The lowest BCUT2D eigenvalue weighted by Gasteiger charge is -2.32. The highest BCUT2D eigenvalue weighted by atomic mass is 16.2. The van der Waals surface area contributed by atoms with Gasteiger partial charge in [-0.1, -0.05) is 12.1 Å². The maximum atomic E-state index is 13.2. The lowest BCUT2D eigenvalue weighted by molar-refractivity contribution is 0.0591. The largest absolute Gasteiger partial charge is 0.324 e. The molecule has 1 aromatic carbocycles. The Balaban J connectivity index is 1.44. The minimum Gasteiger partial charge on any atom is -0.324 e. The first-order valence-electron chi connectivity index (χ1n) is 11.5. The van der Waals surface area contributed by atoms with E-state index in [2.05, 4.69) is 35.0 Å². The van der Waals surface area contributed by atoms with Gasteiger partial charge in [0.1, 0.15) is 11.8 Å². The molecule has 0 unspecified atom stereocenters. The second-order valence-electron chi connectivity index (χ2n) is 8.87. The van der Waals surface area contributed by atoms with E-state index >= 15 is 0 Å². The zero-order valence-corrected chi connectivity index (χ0v) is 19.9. The van der Waals surface area contributed by atoms with Gasteiger partial charge in [-0.2, -0.15) is 10.4 Å². The van der Waals surface area contributed by atoms with Crippen LogP contribution in [-0.4, -0.2) is 37.9 Å². The highest BCUT2D eigenvalue weighted by molar-refractivity contribution is 6.00. The average molecular weight is 464 g/mol. The number of benzene rings is 1. The second kappa shape index (κ2) is 8.69. The molecule has 0 spiro atoms. The number of aromatic nitrogens is 3. The lowest BCUT2D eigenvalue weighted by atomic mass is 9.92. The summed E-state index contributed by atoms with van der Waals surface area (Å²) in [4.78, 5) is 24.0. The van der Waals surface area contributed by atoms with Crippen molar-refractivity contribution in [1.82, 2.24) is 19.3 Å². The number of nitrogens with zero attached hydrogens (tertiary/aromatic N) is 7. The van der Waals surface area contributed by atoms with Crippen molar-refractivity contribution in [2.45, 2.75) is 32.9 Å². The molecule has 0 aliphatic carbocycles. The number of carbonyl (C=O) groups excluding carboxylic acids is 1. The van der Waals surface area contributed by atoms with Crippen LogP contribution in [0, 0.1) is 11.3 Å². The Hall–Kier alpha value is -4.51. The van der Waals surface area contributed by atoms with E-state index in [4.69, 9.17) is 0 Å². The number of rotatable bonds is 6. The number of fused-ring (bicyclic) bond motifs is 2. The fraction of sp³-hybridized carbons (Fsp3) is 0.222. The summed E-state index contributed by atoms with van der Waals surface area (Å²) in [7, 11) is 0. The second-order valence-corrected chi connectivity index (χ2v) is 8.87. The quantitative estimate of drug-likeness (QED) is 0.313. The van der Waals surface area contributed by atoms with E-state index in [0.717, 1.165) is 22.3 Å². The predicted molar refractivity (Wildman–Crippen MR) is 134 cm³/mol. The van der Waals surface area contributed by atoms with E-state index < -0.39 is 5.54 Å². The number of hydrogen-bond acceptors (Lipinski definition) is 6. The van der Waals surface area contributed by atoms with Crippen LogP contribution in [0.25, 0.3) is 5.52 Å². The fourth-order valence-corrected chi connectivity index (χ4v) is 4.54. The van der Waals surface area contributed by atoms with E-state index in [-0.39, 0.29) is 5.91 Å². The van der Waals surface area contributed by atoms with Crippen molar-refractivity contribution < 1.29 is 4.79 Å². The average Bonchev–Trinajstić information content (AvgIpc) is 3.38. The van der Waals surface area contributed by atoms with E-state index in [0.29, 0.717) is 30.2 Å². The molecule has 0 fully saturated rings. The van der Waals surface area contributed by atoms with Crippen LogP contribution in [0.3, 0.4) is 0 Å². The van der Waals surface area contributed by atoms with Gasteiger partial charge in [-0.15, -0.1) is 0 Å². The summed E-state index contributed by atoms with van der Waals surface area (Å²) in [6.07, 6.45) is 6.96. The van der Waals surface area contributed by atoms with E-state index in [9.17, 15) is 10.1 Å². The topological polar surface area (TPSA) is 89.9 Å². The molecule has 174 valence electrons. The summed E-state index contributed by atoms with van der Waals surface area (Å²) < 4.78 is 1.81. The van der Waals surface area contributed by atoms with Crippen molar-refractivity contribution in [2.75, 3.05) is 11.6 Å². The van der Waals surface area contributed by atoms with Crippen LogP contribution in [0.1, 0.15) is 53.6 Å². The van der Waals surface area contributed by atoms with Gasteiger partial charge in [-0.25, -0.2) is 9.99 Å². The Morgan fingerprint density at radius 3 is 2.74 bits per heavy atom.